The maximum Gasteiger partial charge on any atom is 0.140 e. The number of nitrogens with one attached hydrogen (secondary N) is 1. The van der Waals surface area contributed by atoms with Gasteiger partial charge in [-0.15, -0.1) is 0 Å². The molecule has 0 aliphatic heterocycles. The number of nitrogens with two attached hydrogens (primary N) is 1. The number of rotatable bonds is 1. The molecule has 0 atom stereocenters. The molecule has 96 valence electrons. The van der Waals surface area contributed by atoms with Crippen molar-refractivity contribution in [3.63, 3.8) is 0 Å². The highest BCUT2D eigenvalue weighted by Crippen LogP contribution is 2.34. The average molecular weight is 357 g/mol. The molecule has 3 nitrogen and oxygen atoms in total. The van der Waals surface area contributed by atoms with Gasteiger partial charge in [0, 0.05) is 15.1 Å². The largest absolute Gasteiger partial charge is 0.397 e. The quantitative estimate of drug-likeness (QED) is 0.610. The normalized spacial score (nSPS) is 11.1. The Hall–Kier alpha value is -1.23. The second-order valence-corrected chi connectivity index (χ2v) is 5.86. The van der Waals surface area contributed by atoms with Gasteiger partial charge in [-0.2, -0.15) is 0 Å². The molecule has 1 heterocycles. The standard InChI is InChI=1S/C13H8BrCl2N3/c14-6-1-2-10-11(3-6)19-13(18-10)8-4-7(15)5-9(16)12(8)17/h1-5H,17H2,(H,18,19). The number of fused-ring (bicyclic) bond motifs is 1. The van der Waals surface area contributed by atoms with Crippen molar-refractivity contribution in [3.8, 4) is 11.4 Å². The molecule has 0 amide bonds. The molecule has 3 N–H and O–H groups in total. The van der Waals surface area contributed by atoms with E-state index < -0.39 is 0 Å². The van der Waals surface area contributed by atoms with Crippen LogP contribution in [0.2, 0.25) is 10.0 Å². The van der Waals surface area contributed by atoms with Gasteiger partial charge in [-0.1, -0.05) is 39.1 Å². The first kappa shape index (κ1) is 12.8. The summed E-state index contributed by atoms with van der Waals surface area (Å²) < 4.78 is 0.979. The minimum absolute atomic E-state index is 0.420. The first-order valence-corrected chi connectivity index (χ1v) is 6.99. The predicted octanol–water partition coefficient (Wildman–Crippen LogP) is 4.88. The van der Waals surface area contributed by atoms with Crippen molar-refractivity contribution in [2.75, 3.05) is 5.73 Å². The number of imidazole rings is 1. The summed E-state index contributed by atoms with van der Waals surface area (Å²) in [6.45, 7) is 0. The van der Waals surface area contributed by atoms with Crippen LogP contribution in [0.1, 0.15) is 0 Å². The number of nitrogen functional groups attached to an aromatic ring is 1. The molecule has 19 heavy (non-hydrogen) atoms. The van der Waals surface area contributed by atoms with Gasteiger partial charge in [0.25, 0.3) is 0 Å². The topological polar surface area (TPSA) is 54.7 Å². The van der Waals surface area contributed by atoms with Gasteiger partial charge in [-0.3, -0.25) is 0 Å². The summed E-state index contributed by atoms with van der Waals surface area (Å²) in [4.78, 5) is 7.70. The number of anilines is 1. The number of benzene rings is 2. The predicted molar refractivity (Wildman–Crippen MR) is 83.7 cm³/mol. The minimum Gasteiger partial charge on any atom is -0.397 e. The fourth-order valence-corrected chi connectivity index (χ4v) is 2.74. The maximum atomic E-state index is 6.03. The minimum atomic E-state index is 0.420. The maximum absolute atomic E-state index is 6.03. The van der Waals surface area contributed by atoms with E-state index in [0.717, 1.165) is 15.5 Å². The highest BCUT2D eigenvalue weighted by Gasteiger charge is 2.12. The van der Waals surface area contributed by atoms with Gasteiger partial charge in [-0.25, -0.2) is 4.98 Å². The van der Waals surface area contributed by atoms with Crippen LogP contribution in [-0.2, 0) is 0 Å². The number of nitrogens with zero attached hydrogens (tertiary/aromatic N) is 1. The lowest BCUT2D eigenvalue weighted by Crippen LogP contribution is -1.92. The van der Waals surface area contributed by atoms with Crippen molar-refractivity contribution in [1.29, 1.82) is 0 Å². The lowest BCUT2D eigenvalue weighted by molar-refractivity contribution is 1.34. The van der Waals surface area contributed by atoms with Gasteiger partial charge < -0.3 is 10.7 Å². The van der Waals surface area contributed by atoms with Crippen molar-refractivity contribution in [2.24, 2.45) is 0 Å². The van der Waals surface area contributed by atoms with Crippen LogP contribution < -0.4 is 5.73 Å². The van der Waals surface area contributed by atoms with Crippen molar-refractivity contribution < 1.29 is 0 Å². The first-order chi connectivity index (χ1) is 9.04. The molecular formula is C13H8BrCl2N3. The van der Waals surface area contributed by atoms with Crippen LogP contribution in [-0.4, -0.2) is 9.97 Å². The molecule has 0 bridgehead atoms. The Morgan fingerprint density at radius 3 is 2.74 bits per heavy atom. The number of hydrogen-bond donors (Lipinski definition) is 2. The van der Waals surface area contributed by atoms with E-state index in [1.165, 1.54) is 0 Å². The Labute approximate surface area is 127 Å². The van der Waals surface area contributed by atoms with E-state index in [4.69, 9.17) is 28.9 Å². The Morgan fingerprint density at radius 2 is 1.95 bits per heavy atom. The zero-order valence-electron chi connectivity index (χ0n) is 9.55. The summed E-state index contributed by atoms with van der Waals surface area (Å²) in [7, 11) is 0. The Morgan fingerprint density at radius 1 is 1.16 bits per heavy atom. The SMILES string of the molecule is Nc1c(Cl)cc(Cl)cc1-c1nc2ccc(Br)cc2[nH]1. The van der Waals surface area contributed by atoms with Gasteiger partial charge in [0.1, 0.15) is 5.82 Å². The van der Waals surface area contributed by atoms with Gasteiger partial charge >= 0.3 is 0 Å². The molecule has 0 unspecified atom stereocenters. The number of H-pyrrole nitrogens is 1. The Bertz CT molecular complexity index is 783. The van der Waals surface area contributed by atoms with E-state index in [2.05, 4.69) is 25.9 Å². The highest BCUT2D eigenvalue weighted by atomic mass is 79.9. The van der Waals surface area contributed by atoms with Crippen LogP contribution in [0.3, 0.4) is 0 Å². The molecule has 2 aromatic carbocycles. The molecule has 0 spiro atoms. The molecule has 3 rings (SSSR count). The molecule has 1 aromatic heterocycles. The smallest absolute Gasteiger partial charge is 0.140 e. The van der Waals surface area contributed by atoms with Crippen LogP contribution in [0.25, 0.3) is 22.4 Å². The summed E-state index contributed by atoms with van der Waals surface area (Å²) in [5, 5.41) is 0.944. The lowest BCUT2D eigenvalue weighted by Gasteiger charge is -2.05. The van der Waals surface area contributed by atoms with Crippen LogP contribution in [0.15, 0.2) is 34.8 Å². The summed E-state index contributed by atoms with van der Waals surface area (Å²) in [6.07, 6.45) is 0. The van der Waals surface area contributed by atoms with E-state index in [1.54, 1.807) is 12.1 Å². The molecule has 0 radical (unpaired) electrons. The average Bonchev–Trinajstić information content (AvgIpc) is 2.76. The van der Waals surface area contributed by atoms with Crippen molar-refractivity contribution in [3.05, 3.63) is 44.8 Å². The summed E-state index contributed by atoms with van der Waals surface area (Å²) in [5.41, 5.74) is 8.91. The van der Waals surface area contributed by atoms with E-state index in [1.807, 2.05) is 18.2 Å². The van der Waals surface area contributed by atoms with Gasteiger partial charge in [0.05, 0.1) is 21.7 Å². The zero-order chi connectivity index (χ0) is 13.6. The van der Waals surface area contributed by atoms with E-state index in [-0.39, 0.29) is 0 Å². The highest BCUT2D eigenvalue weighted by molar-refractivity contribution is 9.10. The van der Waals surface area contributed by atoms with Gasteiger partial charge in [0.15, 0.2) is 0 Å². The molecular weight excluding hydrogens is 349 g/mol. The summed E-state index contributed by atoms with van der Waals surface area (Å²) >= 11 is 15.5. The third kappa shape index (κ3) is 2.31. The monoisotopic (exact) mass is 355 g/mol. The molecule has 3 aromatic rings. The number of aromatic amines is 1. The van der Waals surface area contributed by atoms with E-state index in [9.17, 15) is 0 Å². The van der Waals surface area contributed by atoms with Gasteiger partial charge in [-0.05, 0) is 30.3 Å². The van der Waals surface area contributed by atoms with Crippen LogP contribution in [0.4, 0.5) is 5.69 Å². The molecule has 0 saturated carbocycles. The van der Waals surface area contributed by atoms with Crippen LogP contribution in [0.5, 0.6) is 0 Å². The third-order valence-corrected chi connectivity index (χ3v) is 3.82. The molecule has 0 aliphatic carbocycles. The summed E-state index contributed by atoms with van der Waals surface area (Å²) in [6, 6.07) is 9.16. The van der Waals surface area contributed by atoms with Crippen LogP contribution >= 0.6 is 39.1 Å². The van der Waals surface area contributed by atoms with E-state index in [0.29, 0.717) is 27.1 Å². The zero-order valence-corrected chi connectivity index (χ0v) is 12.6. The van der Waals surface area contributed by atoms with Crippen molar-refractivity contribution >= 4 is 55.9 Å². The number of halogens is 3. The molecule has 0 aliphatic rings. The van der Waals surface area contributed by atoms with Gasteiger partial charge in [0.2, 0.25) is 0 Å². The number of hydrogen-bond acceptors (Lipinski definition) is 2. The molecule has 0 fully saturated rings. The fourth-order valence-electron chi connectivity index (χ4n) is 1.89. The number of aromatic nitrogens is 2. The van der Waals surface area contributed by atoms with Crippen molar-refractivity contribution in [2.45, 2.75) is 0 Å². The molecule has 0 saturated heterocycles. The molecule has 6 heteroatoms. The Kier molecular flexibility index (Phi) is 3.17. The second-order valence-electron chi connectivity index (χ2n) is 4.10. The summed E-state index contributed by atoms with van der Waals surface area (Å²) in [5.74, 6) is 0.648. The lowest BCUT2D eigenvalue weighted by atomic mass is 10.1. The second kappa shape index (κ2) is 4.71. The fraction of sp³-hybridized carbons (Fsp3) is 0. The third-order valence-electron chi connectivity index (χ3n) is 2.79. The van der Waals surface area contributed by atoms with E-state index >= 15 is 0 Å². The Balaban J connectivity index is 2.24. The first-order valence-electron chi connectivity index (χ1n) is 5.45. The van der Waals surface area contributed by atoms with Crippen LogP contribution in [0, 0.1) is 0 Å². The van der Waals surface area contributed by atoms with Crippen molar-refractivity contribution in [1.82, 2.24) is 9.97 Å².